The largest absolute Gasteiger partial charge is 0.492 e. The van der Waals surface area contributed by atoms with Gasteiger partial charge in [0.1, 0.15) is 15.9 Å². The van der Waals surface area contributed by atoms with Crippen LogP contribution in [0.5, 0.6) is 5.75 Å². The van der Waals surface area contributed by atoms with Crippen LogP contribution in [-0.2, 0) is 14.8 Å². The quantitative estimate of drug-likeness (QED) is 0.405. The molecule has 1 saturated heterocycles. The summed E-state index contributed by atoms with van der Waals surface area (Å²) in [6.07, 6.45) is 1.68. The van der Waals surface area contributed by atoms with Crippen LogP contribution in [0.2, 0.25) is 0 Å². The molecule has 0 bridgehead atoms. The van der Waals surface area contributed by atoms with Crippen molar-refractivity contribution in [1.29, 1.82) is 0 Å². The van der Waals surface area contributed by atoms with Gasteiger partial charge in [0.25, 0.3) is 0 Å². The third-order valence-corrected chi connectivity index (χ3v) is 8.72. The number of ether oxygens (including phenoxy) is 1. The molecule has 8 heteroatoms. The Bertz CT molecular complexity index is 1210. The van der Waals surface area contributed by atoms with Gasteiger partial charge in [-0.1, -0.05) is 48.5 Å². The molecule has 0 spiro atoms. The van der Waals surface area contributed by atoms with Gasteiger partial charge in [-0.3, -0.25) is 4.79 Å². The predicted molar refractivity (Wildman–Crippen MR) is 136 cm³/mol. The zero-order valence-electron chi connectivity index (χ0n) is 19.0. The summed E-state index contributed by atoms with van der Waals surface area (Å²) in [5, 5.41) is 2.43. The number of carbonyl (C=O) groups is 1. The molecule has 1 N–H and O–H groups in total. The zero-order valence-corrected chi connectivity index (χ0v) is 20.6. The molecular weight excluding hydrogens is 468 g/mol. The van der Waals surface area contributed by atoms with E-state index in [4.69, 9.17) is 4.74 Å². The number of anilines is 1. The van der Waals surface area contributed by atoms with E-state index in [2.05, 4.69) is 5.32 Å². The van der Waals surface area contributed by atoms with E-state index in [1.807, 2.05) is 67.6 Å². The van der Waals surface area contributed by atoms with Gasteiger partial charge < -0.3 is 10.1 Å². The van der Waals surface area contributed by atoms with E-state index in [0.29, 0.717) is 31.1 Å². The monoisotopic (exact) mass is 496 g/mol. The first kappa shape index (κ1) is 24.3. The molecule has 34 heavy (non-hydrogen) atoms. The molecule has 3 aromatic rings. The normalized spacial score (nSPS) is 15.1. The molecule has 3 aromatic carbocycles. The van der Waals surface area contributed by atoms with Gasteiger partial charge >= 0.3 is 0 Å². The molecular formula is C26H28N2O4S2. The third-order valence-electron chi connectivity index (χ3n) is 5.53. The number of hydrogen-bond donors (Lipinski definition) is 1. The second-order valence-electron chi connectivity index (χ2n) is 7.92. The molecule has 1 aliphatic rings. The molecule has 1 amide bonds. The summed E-state index contributed by atoms with van der Waals surface area (Å²) in [7, 11) is -3.72. The van der Waals surface area contributed by atoms with Crippen LogP contribution >= 0.6 is 11.8 Å². The molecule has 0 radical (unpaired) electrons. The summed E-state index contributed by atoms with van der Waals surface area (Å²) in [4.78, 5) is 14.5. The number of carbonyl (C=O) groups excluding carboxylic acids is 1. The highest BCUT2D eigenvalue weighted by atomic mass is 32.2. The van der Waals surface area contributed by atoms with Gasteiger partial charge in [0, 0.05) is 23.7 Å². The number of thioether (sulfide) groups is 1. The van der Waals surface area contributed by atoms with Gasteiger partial charge in [-0.25, -0.2) is 8.42 Å². The van der Waals surface area contributed by atoms with Crippen LogP contribution < -0.4 is 10.1 Å². The van der Waals surface area contributed by atoms with Crippen LogP contribution in [0.1, 0.15) is 30.6 Å². The molecule has 1 unspecified atom stereocenters. The highest BCUT2D eigenvalue weighted by molar-refractivity contribution is 8.00. The van der Waals surface area contributed by atoms with Gasteiger partial charge in [-0.05, 0) is 55.7 Å². The number of amides is 1. The first-order valence-electron chi connectivity index (χ1n) is 11.3. The van der Waals surface area contributed by atoms with Crippen molar-refractivity contribution < 1.29 is 17.9 Å². The van der Waals surface area contributed by atoms with E-state index in [-0.39, 0.29) is 10.8 Å². The maximum absolute atomic E-state index is 13.4. The maximum atomic E-state index is 13.4. The minimum absolute atomic E-state index is 0.0843. The minimum atomic E-state index is -3.72. The van der Waals surface area contributed by atoms with Crippen LogP contribution in [-0.4, -0.2) is 38.3 Å². The molecule has 1 aliphatic heterocycles. The third kappa shape index (κ3) is 5.63. The van der Waals surface area contributed by atoms with Crippen molar-refractivity contribution in [3.8, 4) is 5.75 Å². The smallest absolute Gasteiger partial charge is 0.246 e. The molecule has 1 atom stereocenters. The van der Waals surface area contributed by atoms with E-state index >= 15 is 0 Å². The summed E-state index contributed by atoms with van der Waals surface area (Å²) in [5.74, 6) is 0.0689. The van der Waals surface area contributed by atoms with Crippen LogP contribution in [0.3, 0.4) is 0 Å². The summed E-state index contributed by atoms with van der Waals surface area (Å²) in [5.41, 5.74) is 1.28. The van der Waals surface area contributed by atoms with E-state index in [1.165, 1.54) is 22.1 Å². The fourth-order valence-electron chi connectivity index (χ4n) is 3.87. The zero-order chi connectivity index (χ0) is 24.0. The number of sulfonamides is 1. The van der Waals surface area contributed by atoms with Crippen molar-refractivity contribution in [3.05, 3.63) is 84.4 Å². The molecule has 1 heterocycles. The summed E-state index contributed by atoms with van der Waals surface area (Å²) < 4.78 is 33.7. The molecule has 0 saturated carbocycles. The van der Waals surface area contributed by atoms with E-state index in [0.717, 1.165) is 23.3 Å². The molecule has 4 rings (SSSR count). The van der Waals surface area contributed by atoms with Gasteiger partial charge in [0.15, 0.2) is 0 Å². The first-order valence-corrected chi connectivity index (χ1v) is 13.7. The Balaban J connectivity index is 1.63. The lowest BCUT2D eigenvalue weighted by Gasteiger charge is -2.20. The SMILES string of the molecule is CCOc1ccc(NC(=O)C(Sc2ccccc2)c2ccccc2)cc1S(=O)(=O)N1CCCC1. The van der Waals surface area contributed by atoms with Crippen molar-refractivity contribution in [2.24, 2.45) is 0 Å². The average Bonchev–Trinajstić information content (AvgIpc) is 3.41. The van der Waals surface area contributed by atoms with Gasteiger partial charge in [-0.2, -0.15) is 4.31 Å². The Morgan fingerprint density at radius 3 is 2.29 bits per heavy atom. The lowest BCUT2D eigenvalue weighted by Crippen LogP contribution is -2.28. The number of benzene rings is 3. The number of nitrogens with one attached hydrogen (secondary N) is 1. The van der Waals surface area contributed by atoms with Crippen molar-refractivity contribution in [3.63, 3.8) is 0 Å². The Labute approximate surface area is 205 Å². The summed E-state index contributed by atoms with van der Waals surface area (Å²) >= 11 is 1.45. The molecule has 178 valence electrons. The standard InChI is InChI=1S/C26H28N2O4S2/c1-2-32-23-16-15-21(19-24(23)34(30,31)28-17-9-10-18-28)27-26(29)25(20-11-5-3-6-12-20)33-22-13-7-4-8-14-22/h3-8,11-16,19,25H,2,9-10,17-18H2,1H3,(H,27,29). The van der Waals surface area contributed by atoms with Gasteiger partial charge in [-0.15, -0.1) is 11.8 Å². The molecule has 0 aliphatic carbocycles. The van der Waals surface area contributed by atoms with Crippen LogP contribution in [0.15, 0.2) is 88.7 Å². The summed E-state index contributed by atoms with van der Waals surface area (Å²) in [6.45, 7) is 3.15. The number of rotatable bonds is 9. The summed E-state index contributed by atoms with van der Waals surface area (Å²) in [6, 6.07) is 24.1. The predicted octanol–water partition coefficient (Wildman–Crippen LogP) is 5.34. The molecule has 6 nitrogen and oxygen atoms in total. The number of hydrogen-bond acceptors (Lipinski definition) is 5. The number of nitrogens with zero attached hydrogens (tertiary/aromatic N) is 1. The van der Waals surface area contributed by atoms with Crippen LogP contribution in [0.25, 0.3) is 0 Å². The van der Waals surface area contributed by atoms with Gasteiger partial charge in [0.05, 0.1) is 6.61 Å². The average molecular weight is 497 g/mol. The van der Waals surface area contributed by atoms with Crippen molar-refractivity contribution in [2.45, 2.75) is 34.8 Å². The van der Waals surface area contributed by atoms with E-state index < -0.39 is 15.3 Å². The molecule has 1 fully saturated rings. The lowest BCUT2D eigenvalue weighted by atomic mass is 10.1. The second kappa shape index (κ2) is 11.1. The Morgan fingerprint density at radius 1 is 1.00 bits per heavy atom. The van der Waals surface area contributed by atoms with Crippen LogP contribution in [0, 0.1) is 0 Å². The van der Waals surface area contributed by atoms with Crippen LogP contribution in [0.4, 0.5) is 5.69 Å². The topological polar surface area (TPSA) is 75.7 Å². The first-order chi connectivity index (χ1) is 16.5. The fraction of sp³-hybridized carbons (Fsp3) is 0.269. The van der Waals surface area contributed by atoms with E-state index in [9.17, 15) is 13.2 Å². The molecule has 0 aromatic heterocycles. The highest BCUT2D eigenvalue weighted by Gasteiger charge is 2.31. The maximum Gasteiger partial charge on any atom is 0.246 e. The fourth-order valence-corrected chi connectivity index (χ4v) is 6.59. The second-order valence-corrected chi connectivity index (χ2v) is 11.0. The lowest BCUT2D eigenvalue weighted by molar-refractivity contribution is -0.115. The van der Waals surface area contributed by atoms with Crippen molar-refractivity contribution in [2.75, 3.05) is 25.0 Å². The van der Waals surface area contributed by atoms with Gasteiger partial charge in [0.2, 0.25) is 15.9 Å². The van der Waals surface area contributed by atoms with E-state index in [1.54, 1.807) is 12.1 Å². The minimum Gasteiger partial charge on any atom is -0.492 e. The van der Waals surface area contributed by atoms with Crippen molar-refractivity contribution >= 4 is 33.4 Å². The highest BCUT2D eigenvalue weighted by Crippen LogP contribution is 2.37. The Morgan fingerprint density at radius 2 is 1.65 bits per heavy atom. The van der Waals surface area contributed by atoms with Crippen molar-refractivity contribution in [1.82, 2.24) is 4.31 Å². The Kier molecular flexibility index (Phi) is 7.92. The Hall–Kier alpha value is -2.81.